The van der Waals surface area contributed by atoms with Gasteiger partial charge in [0.15, 0.2) is 0 Å². The number of hydrogen-bond acceptors (Lipinski definition) is 4. The van der Waals surface area contributed by atoms with Gasteiger partial charge in [-0.2, -0.15) is 5.10 Å². The third kappa shape index (κ3) is 4.04. The van der Waals surface area contributed by atoms with Crippen LogP contribution in [0.2, 0.25) is 0 Å². The van der Waals surface area contributed by atoms with E-state index in [4.69, 9.17) is 0 Å². The summed E-state index contributed by atoms with van der Waals surface area (Å²) in [5, 5.41) is 7.78. The van der Waals surface area contributed by atoms with E-state index in [9.17, 15) is 0 Å². The lowest BCUT2D eigenvalue weighted by Crippen LogP contribution is -2.25. The molecule has 5 heteroatoms. The predicted octanol–water partition coefficient (Wildman–Crippen LogP) is 2.16. The Bertz CT molecular complexity index is 561. The zero-order valence-electron chi connectivity index (χ0n) is 13.4. The largest absolute Gasteiger partial charge is 0.378 e. The highest BCUT2D eigenvalue weighted by atomic mass is 15.3. The van der Waals surface area contributed by atoms with E-state index < -0.39 is 0 Å². The minimum atomic E-state index is 0.257. The fourth-order valence-corrected chi connectivity index (χ4v) is 2.33. The molecule has 2 rings (SSSR count). The summed E-state index contributed by atoms with van der Waals surface area (Å²) in [7, 11) is 6.07. The molecule has 0 radical (unpaired) electrons. The van der Waals surface area contributed by atoms with Gasteiger partial charge in [-0.1, -0.05) is 19.1 Å². The zero-order chi connectivity index (χ0) is 15.2. The number of aromatic nitrogens is 3. The van der Waals surface area contributed by atoms with Gasteiger partial charge in [0.1, 0.15) is 12.2 Å². The minimum Gasteiger partial charge on any atom is -0.378 e. The van der Waals surface area contributed by atoms with Gasteiger partial charge in [-0.15, -0.1) is 0 Å². The maximum Gasteiger partial charge on any atom is 0.138 e. The van der Waals surface area contributed by atoms with Gasteiger partial charge < -0.3 is 10.2 Å². The van der Waals surface area contributed by atoms with Crippen molar-refractivity contribution in [2.24, 2.45) is 7.05 Å². The second kappa shape index (κ2) is 7.22. The quantitative estimate of drug-likeness (QED) is 0.848. The first-order valence-electron chi connectivity index (χ1n) is 7.45. The molecule has 0 bridgehead atoms. The summed E-state index contributed by atoms with van der Waals surface area (Å²) in [5.74, 6) is 0.999. The van der Waals surface area contributed by atoms with Crippen molar-refractivity contribution >= 4 is 5.69 Å². The normalized spacial score (nSPS) is 12.4. The minimum absolute atomic E-state index is 0.257. The van der Waals surface area contributed by atoms with Crippen LogP contribution in [-0.2, 0) is 13.5 Å². The van der Waals surface area contributed by atoms with Gasteiger partial charge >= 0.3 is 0 Å². The van der Waals surface area contributed by atoms with Crippen molar-refractivity contribution in [2.45, 2.75) is 25.8 Å². The Kier molecular flexibility index (Phi) is 5.33. The molecule has 0 fully saturated rings. The van der Waals surface area contributed by atoms with Crippen LogP contribution in [0.3, 0.4) is 0 Å². The van der Waals surface area contributed by atoms with Crippen molar-refractivity contribution in [3.63, 3.8) is 0 Å². The molecule has 1 aromatic carbocycles. The number of nitrogens with zero attached hydrogens (tertiary/aromatic N) is 4. The number of benzene rings is 1. The molecule has 1 N–H and O–H groups in total. The molecule has 1 atom stereocenters. The van der Waals surface area contributed by atoms with Gasteiger partial charge in [0.2, 0.25) is 0 Å². The Labute approximate surface area is 127 Å². The van der Waals surface area contributed by atoms with Crippen molar-refractivity contribution < 1.29 is 0 Å². The maximum atomic E-state index is 4.35. The molecule has 0 saturated carbocycles. The van der Waals surface area contributed by atoms with Crippen LogP contribution in [0.5, 0.6) is 0 Å². The fraction of sp³-hybridized carbons (Fsp3) is 0.500. The SMILES string of the molecule is CCCNC(Cc1ncnn1C)c1cccc(N(C)C)c1. The average molecular weight is 287 g/mol. The highest BCUT2D eigenvalue weighted by molar-refractivity contribution is 5.48. The van der Waals surface area contributed by atoms with Crippen LogP contribution >= 0.6 is 0 Å². The smallest absolute Gasteiger partial charge is 0.138 e. The summed E-state index contributed by atoms with van der Waals surface area (Å²) < 4.78 is 1.84. The second-order valence-corrected chi connectivity index (χ2v) is 5.50. The van der Waals surface area contributed by atoms with Crippen LogP contribution in [0, 0.1) is 0 Å². The van der Waals surface area contributed by atoms with Gasteiger partial charge in [0.05, 0.1) is 0 Å². The standard InChI is InChI=1S/C16H25N5/c1-5-9-17-15(11-16-18-12-19-21(16)4)13-7-6-8-14(10-13)20(2)3/h6-8,10,12,15,17H,5,9,11H2,1-4H3. The molecule has 114 valence electrons. The van der Waals surface area contributed by atoms with Gasteiger partial charge in [0.25, 0.3) is 0 Å². The van der Waals surface area contributed by atoms with E-state index in [0.717, 1.165) is 25.2 Å². The van der Waals surface area contributed by atoms with E-state index in [0.29, 0.717) is 0 Å². The summed E-state index contributed by atoms with van der Waals surface area (Å²) in [5.41, 5.74) is 2.51. The van der Waals surface area contributed by atoms with E-state index in [-0.39, 0.29) is 6.04 Å². The van der Waals surface area contributed by atoms with Crippen molar-refractivity contribution in [1.29, 1.82) is 0 Å². The first kappa shape index (κ1) is 15.5. The molecule has 21 heavy (non-hydrogen) atoms. The lowest BCUT2D eigenvalue weighted by molar-refractivity contribution is 0.506. The van der Waals surface area contributed by atoms with Crippen molar-refractivity contribution in [2.75, 3.05) is 25.5 Å². The summed E-state index contributed by atoms with van der Waals surface area (Å²) in [6.07, 6.45) is 3.57. The fourth-order valence-electron chi connectivity index (χ4n) is 2.33. The van der Waals surface area contributed by atoms with Crippen molar-refractivity contribution in [3.05, 3.63) is 42.0 Å². The first-order valence-corrected chi connectivity index (χ1v) is 7.45. The molecule has 1 unspecified atom stereocenters. The first-order chi connectivity index (χ1) is 10.1. The molecule has 5 nitrogen and oxygen atoms in total. The Morgan fingerprint density at radius 2 is 2.14 bits per heavy atom. The molecule has 0 aliphatic carbocycles. The molecular weight excluding hydrogens is 262 g/mol. The summed E-state index contributed by atoms with van der Waals surface area (Å²) in [6, 6.07) is 8.91. The van der Waals surface area contributed by atoms with E-state index in [1.807, 2.05) is 11.7 Å². The molecule has 0 amide bonds. The molecule has 0 aliphatic heterocycles. The maximum absolute atomic E-state index is 4.35. The molecule has 1 heterocycles. The Hall–Kier alpha value is -1.88. The van der Waals surface area contributed by atoms with Gasteiger partial charge in [-0.05, 0) is 30.7 Å². The Balaban J connectivity index is 2.22. The number of aryl methyl sites for hydroxylation is 1. The highest BCUT2D eigenvalue weighted by Gasteiger charge is 2.15. The van der Waals surface area contributed by atoms with E-state index in [1.165, 1.54) is 11.3 Å². The molecule has 1 aromatic heterocycles. The molecular formula is C16H25N5. The molecule has 2 aromatic rings. The lowest BCUT2D eigenvalue weighted by atomic mass is 10.0. The van der Waals surface area contributed by atoms with E-state index >= 15 is 0 Å². The van der Waals surface area contributed by atoms with Gasteiger partial charge in [0, 0.05) is 39.3 Å². The summed E-state index contributed by atoms with van der Waals surface area (Å²) >= 11 is 0. The lowest BCUT2D eigenvalue weighted by Gasteiger charge is -2.21. The van der Waals surface area contributed by atoms with Crippen LogP contribution in [-0.4, -0.2) is 35.4 Å². The Morgan fingerprint density at radius 3 is 2.76 bits per heavy atom. The predicted molar refractivity (Wildman–Crippen MR) is 86.5 cm³/mol. The Morgan fingerprint density at radius 1 is 1.33 bits per heavy atom. The molecule has 0 aliphatic rings. The number of rotatable bonds is 7. The van der Waals surface area contributed by atoms with Crippen LogP contribution in [0.25, 0.3) is 0 Å². The van der Waals surface area contributed by atoms with Crippen molar-refractivity contribution in [3.8, 4) is 0 Å². The topological polar surface area (TPSA) is 46.0 Å². The van der Waals surface area contributed by atoms with Gasteiger partial charge in [-0.3, -0.25) is 4.68 Å². The monoisotopic (exact) mass is 287 g/mol. The van der Waals surface area contributed by atoms with Crippen LogP contribution < -0.4 is 10.2 Å². The average Bonchev–Trinajstić information content (AvgIpc) is 2.88. The summed E-state index contributed by atoms with van der Waals surface area (Å²) in [4.78, 5) is 6.48. The molecule has 0 saturated heterocycles. The number of hydrogen-bond donors (Lipinski definition) is 1. The molecule has 0 spiro atoms. The highest BCUT2D eigenvalue weighted by Crippen LogP contribution is 2.22. The number of nitrogens with one attached hydrogen (secondary N) is 1. The number of anilines is 1. The third-order valence-electron chi connectivity index (χ3n) is 3.62. The van der Waals surface area contributed by atoms with E-state index in [2.05, 4.69) is 65.6 Å². The van der Waals surface area contributed by atoms with Crippen molar-refractivity contribution in [1.82, 2.24) is 20.1 Å². The van der Waals surface area contributed by atoms with Crippen LogP contribution in [0.1, 0.15) is 30.8 Å². The van der Waals surface area contributed by atoms with E-state index in [1.54, 1.807) is 6.33 Å². The summed E-state index contributed by atoms with van der Waals surface area (Å²) in [6.45, 7) is 3.18. The third-order valence-corrected chi connectivity index (χ3v) is 3.62. The zero-order valence-corrected chi connectivity index (χ0v) is 13.4. The second-order valence-electron chi connectivity index (χ2n) is 5.50. The van der Waals surface area contributed by atoms with Crippen LogP contribution in [0.15, 0.2) is 30.6 Å². The van der Waals surface area contributed by atoms with Crippen LogP contribution in [0.4, 0.5) is 5.69 Å². The van der Waals surface area contributed by atoms with Gasteiger partial charge in [-0.25, -0.2) is 4.98 Å².